The molecule has 1 saturated heterocycles. The van der Waals surface area contributed by atoms with Crippen LogP contribution in [0.15, 0.2) is 29.2 Å². The molecule has 1 aliphatic rings. The van der Waals surface area contributed by atoms with E-state index < -0.39 is 19.9 Å². The lowest BCUT2D eigenvalue weighted by Gasteiger charge is -2.33. The van der Waals surface area contributed by atoms with Crippen molar-refractivity contribution in [2.45, 2.75) is 4.90 Å². The molecular weight excluding hydrogens is 354 g/mol. The Kier molecular flexibility index (Phi) is 5.51. The van der Waals surface area contributed by atoms with E-state index in [-0.39, 0.29) is 30.4 Å². The van der Waals surface area contributed by atoms with Gasteiger partial charge in [-0.2, -0.15) is 4.31 Å². The highest BCUT2D eigenvalue weighted by molar-refractivity contribution is 7.90. The molecule has 1 fully saturated rings. The van der Waals surface area contributed by atoms with Crippen LogP contribution in [0.2, 0.25) is 0 Å². The number of sulfonamides is 1. The molecule has 0 aliphatic carbocycles. The molecule has 1 aliphatic heterocycles. The maximum absolute atomic E-state index is 12.2. The average molecular weight is 375 g/mol. The molecule has 0 saturated carbocycles. The van der Waals surface area contributed by atoms with Gasteiger partial charge in [0.15, 0.2) is 9.84 Å². The minimum atomic E-state index is -3.30. The zero-order valence-electron chi connectivity index (χ0n) is 13.6. The third-order valence-electron chi connectivity index (χ3n) is 3.77. The minimum absolute atomic E-state index is 0.0199. The molecule has 10 heteroatoms. The highest BCUT2D eigenvalue weighted by atomic mass is 32.2. The smallest absolute Gasteiger partial charge is 0.241 e. The van der Waals surface area contributed by atoms with Crippen molar-refractivity contribution in [3.63, 3.8) is 0 Å². The Morgan fingerprint density at radius 2 is 1.71 bits per heavy atom. The lowest BCUT2D eigenvalue weighted by Crippen LogP contribution is -2.51. The molecule has 24 heavy (non-hydrogen) atoms. The summed E-state index contributed by atoms with van der Waals surface area (Å²) >= 11 is 0. The fourth-order valence-corrected chi connectivity index (χ4v) is 3.89. The number of benzene rings is 1. The monoisotopic (exact) mass is 375 g/mol. The Morgan fingerprint density at radius 3 is 2.25 bits per heavy atom. The minimum Gasteiger partial charge on any atom is -0.376 e. The number of nitrogens with one attached hydrogen (secondary N) is 1. The SMILES string of the molecule is CS(=O)(=O)c1cccc(NCC(=O)N2CCN(S(C)(=O)=O)CC2)c1. The Bertz CT molecular complexity index is 813. The van der Waals surface area contributed by atoms with E-state index in [0.717, 1.165) is 12.5 Å². The van der Waals surface area contributed by atoms with E-state index in [1.165, 1.54) is 16.4 Å². The van der Waals surface area contributed by atoms with Gasteiger partial charge in [-0.15, -0.1) is 0 Å². The first-order chi connectivity index (χ1) is 11.1. The lowest BCUT2D eigenvalue weighted by atomic mass is 10.3. The van der Waals surface area contributed by atoms with Gasteiger partial charge in [0.1, 0.15) is 0 Å². The molecule has 1 N–H and O–H groups in total. The summed E-state index contributed by atoms with van der Waals surface area (Å²) in [5.74, 6) is -0.159. The van der Waals surface area contributed by atoms with Gasteiger partial charge in [0.2, 0.25) is 15.9 Å². The van der Waals surface area contributed by atoms with E-state index in [2.05, 4.69) is 5.32 Å². The largest absolute Gasteiger partial charge is 0.376 e. The zero-order chi connectivity index (χ0) is 18.0. The van der Waals surface area contributed by atoms with Crippen LogP contribution in [0.4, 0.5) is 5.69 Å². The van der Waals surface area contributed by atoms with Crippen molar-refractivity contribution in [1.29, 1.82) is 0 Å². The molecule has 1 heterocycles. The third kappa shape index (κ3) is 4.92. The van der Waals surface area contributed by atoms with Crippen LogP contribution < -0.4 is 5.32 Å². The molecule has 8 nitrogen and oxygen atoms in total. The number of nitrogens with zero attached hydrogens (tertiary/aromatic N) is 2. The van der Waals surface area contributed by atoms with Gasteiger partial charge in [0.25, 0.3) is 0 Å². The number of carbonyl (C=O) groups excluding carboxylic acids is 1. The predicted octanol–water partition coefficient (Wildman–Crippen LogP) is -0.394. The quantitative estimate of drug-likeness (QED) is 0.751. The van der Waals surface area contributed by atoms with Crippen LogP contribution in [0.1, 0.15) is 0 Å². The second-order valence-electron chi connectivity index (χ2n) is 5.70. The molecule has 134 valence electrons. The standard InChI is InChI=1S/C14H21N3O5S2/c1-23(19,20)13-5-3-4-12(10-13)15-11-14(18)16-6-8-17(9-7-16)24(2,21)22/h3-5,10,15H,6-9,11H2,1-2H3. The van der Waals surface area contributed by atoms with Crippen LogP contribution >= 0.6 is 0 Å². The molecule has 1 amide bonds. The summed E-state index contributed by atoms with van der Waals surface area (Å²) in [5.41, 5.74) is 0.543. The van der Waals surface area contributed by atoms with Crippen LogP contribution in [0, 0.1) is 0 Å². The van der Waals surface area contributed by atoms with Gasteiger partial charge in [-0.1, -0.05) is 6.07 Å². The lowest BCUT2D eigenvalue weighted by molar-refractivity contribution is -0.130. The molecule has 0 spiro atoms. The fraction of sp³-hybridized carbons (Fsp3) is 0.500. The van der Waals surface area contributed by atoms with Crippen molar-refractivity contribution in [2.75, 3.05) is 50.6 Å². The predicted molar refractivity (Wildman–Crippen MR) is 91.0 cm³/mol. The van der Waals surface area contributed by atoms with Gasteiger partial charge in [0.05, 0.1) is 17.7 Å². The summed E-state index contributed by atoms with van der Waals surface area (Å²) in [6, 6.07) is 6.26. The molecular formula is C14H21N3O5S2. The average Bonchev–Trinajstić information content (AvgIpc) is 2.51. The topological polar surface area (TPSA) is 104 Å². The van der Waals surface area contributed by atoms with Crippen molar-refractivity contribution >= 4 is 31.5 Å². The van der Waals surface area contributed by atoms with Crippen LogP contribution in [0.5, 0.6) is 0 Å². The Morgan fingerprint density at radius 1 is 1.08 bits per heavy atom. The van der Waals surface area contributed by atoms with Gasteiger partial charge in [-0.3, -0.25) is 4.79 Å². The van der Waals surface area contributed by atoms with Crippen molar-refractivity contribution in [1.82, 2.24) is 9.21 Å². The van der Waals surface area contributed by atoms with Gasteiger partial charge < -0.3 is 10.2 Å². The molecule has 0 atom stereocenters. The third-order valence-corrected chi connectivity index (χ3v) is 6.18. The number of rotatable bonds is 5. The summed E-state index contributed by atoms with van der Waals surface area (Å²) in [6.07, 6.45) is 2.28. The van der Waals surface area contributed by atoms with Gasteiger partial charge >= 0.3 is 0 Å². The molecule has 0 aromatic heterocycles. The van der Waals surface area contributed by atoms with Crippen molar-refractivity contribution in [3.8, 4) is 0 Å². The number of anilines is 1. The van der Waals surface area contributed by atoms with Crippen molar-refractivity contribution < 1.29 is 21.6 Å². The van der Waals surface area contributed by atoms with E-state index in [1.54, 1.807) is 17.0 Å². The highest BCUT2D eigenvalue weighted by Gasteiger charge is 2.25. The number of piperazine rings is 1. The van der Waals surface area contributed by atoms with Crippen molar-refractivity contribution in [2.24, 2.45) is 0 Å². The van der Waals surface area contributed by atoms with E-state index in [4.69, 9.17) is 0 Å². The number of amides is 1. The molecule has 0 bridgehead atoms. The first kappa shape index (κ1) is 18.7. The number of hydrogen-bond donors (Lipinski definition) is 1. The van der Waals surface area contributed by atoms with Crippen LogP contribution in [-0.2, 0) is 24.7 Å². The number of hydrogen-bond acceptors (Lipinski definition) is 6. The first-order valence-corrected chi connectivity index (χ1v) is 11.1. The summed E-state index contributed by atoms with van der Waals surface area (Å²) < 4.78 is 47.3. The Labute approximate surface area is 142 Å². The molecule has 2 rings (SSSR count). The second kappa shape index (κ2) is 7.08. The Hall–Kier alpha value is -1.65. The van der Waals surface area contributed by atoms with Gasteiger partial charge in [-0.05, 0) is 18.2 Å². The van der Waals surface area contributed by atoms with Crippen LogP contribution in [0.25, 0.3) is 0 Å². The summed E-state index contributed by atoms with van der Waals surface area (Å²) in [4.78, 5) is 14.0. The van der Waals surface area contributed by atoms with Crippen LogP contribution in [-0.4, -0.2) is 77.2 Å². The van der Waals surface area contributed by atoms with E-state index in [0.29, 0.717) is 18.8 Å². The molecule has 0 unspecified atom stereocenters. The summed E-state index contributed by atoms with van der Waals surface area (Å²) in [6.45, 7) is 1.28. The zero-order valence-corrected chi connectivity index (χ0v) is 15.2. The molecule has 0 radical (unpaired) electrons. The van der Waals surface area contributed by atoms with E-state index >= 15 is 0 Å². The van der Waals surface area contributed by atoms with E-state index in [9.17, 15) is 21.6 Å². The number of carbonyl (C=O) groups is 1. The highest BCUT2D eigenvalue weighted by Crippen LogP contribution is 2.15. The van der Waals surface area contributed by atoms with E-state index in [1.807, 2.05) is 0 Å². The van der Waals surface area contributed by atoms with Gasteiger partial charge in [-0.25, -0.2) is 16.8 Å². The number of sulfone groups is 1. The second-order valence-corrected chi connectivity index (χ2v) is 9.69. The van der Waals surface area contributed by atoms with Crippen LogP contribution in [0.3, 0.4) is 0 Å². The van der Waals surface area contributed by atoms with Crippen molar-refractivity contribution in [3.05, 3.63) is 24.3 Å². The molecule has 1 aromatic carbocycles. The first-order valence-electron chi connectivity index (χ1n) is 7.34. The summed E-state index contributed by atoms with van der Waals surface area (Å²) in [7, 11) is -6.53. The summed E-state index contributed by atoms with van der Waals surface area (Å²) in [5, 5.41) is 2.91. The van der Waals surface area contributed by atoms with Gasteiger partial charge in [0, 0.05) is 38.1 Å². The maximum Gasteiger partial charge on any atom is 0.241 e. The molecule has 1 aromatic rings. The normalized spacial score (nSPS) is 16.8. The fourth-order valence-electron chi connectivity index (χ4n) is 2.40. The Balaban J connectivity index is 1.91. The maximum atomic E-state index is 12.2.